The van der Waals surface area contributed by atoms with Crippen molar-refractivity contribution in [2.75, 3.05) is 7.11 Å². The van der Waals surface area contributed by atoms with Crippen molar-refractivity contribution in [2.45, 2.75) is 24.7 Å². The minimum atomic E-state index is -3.77. The quantitative estimate of drug-likeness (QED) is 0.741. The minimum Gasteiger partial charge on any atom is -0.465 e. The summed E-state index contributed by atoms with van der Waals surface area (Å²) in [4.78, 5) is 12.0. The highest BCUT2D eigenvalue weighted by atomic mass is 79.9. The molecule has 22 heavy (non-hydrogen) atoms. The predicted octanol–water partition coefficient (Wildman–Crippen LogP) is 3.23. The fraction of sp³-hybridized carbons (Fsp3) is 0.267. The van der Waals surface area contributed by atoms with Crippen LogP contribution in [-0.4, -0.2) is 25.5 Å². The highest BCUT2D eigenvalue weighted by molar-refractivity contribution is 9.10. The molecule has 0 bridgehead atoms. The second kappa shape index (κ2) is 6.66. The summed E-state index contributed by atoms with van der Waals surface area (Å²) in [6, 6.07) is 8.07. The molecular weight excluding hydrogens is 370 g/mol. The molecule has 0 unspecified atom stereocenters. The Hall–Kier alpha value is -1.60. The van der Waals surface area contributed by atoms with Crippen molar-refractivity contribution >= 4 is 31.9 Å². The summed E-state index contributed by atoms with van der Waals surface area (Å²) in [5, 5.41) is 0. The Labute approximate surface area is 138 Å². The maximum Gasteiger partial charge on any atom is 0.339 e. The number of rotatable bonds is 5. The highest BCUT2D eigenvalue weighted by Crippen LogP contribution is 2.29. The lowest BCUT2D eigenvalue weighted by atomic mass is 10.1. The van der Waals surface area contributed by atoms with Gasteiger partial charge in [0.1, 0.15) is 4.60 Å². The summed E-state index contributed by atoms with van der Waals surface area (Å²) in [6.07, 6.45) is 2.66. The first-order chi connectivity index (χ1) is 10.4. The van der Waals surface area contributed by atoms with Crippen molar-refractivity contribution in [3.8, 4) is 0 Å². The van der Waals surface area contributed by atoms with Crippen LogP contribution in [0.3, 0.4) is 0 Å². The van der Waals surface area contributed by atoms with Crippen molar-refractivity contribution in [3.05, 3.63) is 52.3 Å². The molecule has 2 aromatic rings. The van der Waals surface area contributed by atoms with Crippen LogP contribution in [0.25, 0.3) is 0 Å². The number of benzene rings is 1. The number of esters is 1. The van der Waals surface area contributed by atoms with E-state index in [2.05, 4.69) is 15.9 Å². The molecule has 0 radical (unpaired) electrons. The van der Waals surface area contributed by atoms with Crippen LogP contribution >= 0.6 is 15.9 Å². The molecule has 0 N–H and O–H groups in total. The molecule has 0 saturated carbocycles. The van der Waals surface area contributed by atoms with Gasteiger partial charge in [-0.05, 0) is 34.5 Å². The van der Waals surface area contributed by atoms with E-state index in [-0.39, 0.29) is 10.5 Å². The molecule has 0 aliphatic carbocycles. The van der Waals surface area contributed by atoms with E-state index in [0.717, 1.165) is 10.4 Å². The molecule has 5 nitrogen and oxygen atoms in total. The van der Waals surface area contributed by atoms with Crippen molar-refractivity contribution in [1.29, 1.82) is 0 Å². The van der Waals surface area contributed by atoms with Gasteiger partial charge in [-0.3, -0.25) is 0 Å². The van der Waals surface area contributed by atoms with Crippen LogP contribution in [0.15, 0.2) is 46.0 Å². The average molecular weight is 386 g/mol. The van der Waals surface area contributed by atoms with Crippen LogP contribution in [0, 0.1) is 0 Å². The van der Waals surface area contributed by atoms with Gasteiger partial charge in [-0.15, -0.1) is 0 Å². The summed E-state index contributed by atoms with van der Waals surface area (Å²) in [6.45, 7) is 1.95. The number of methoxy groups -OCH3 is 1. The predicted molar refractivity (Wildman–Crippen MR) is 86.5 cm³/mol. The number of halogens is 1. The van der Waals surface area contributed by atoms with Crippen molar-refractivity contribution in [1.82, 2.24) is 3.97 Å². The fourth-order valence-electron chi connectivity index (χ4n) is 2.15. The number of carbonyl (C=O) groups is 1. The molecule has 1 aromatic carbocycles. The Morgan fingerprint density at radius 3 is 2.45 bits per heavy atom. The van der Waals surface area contributed by atoms with Crippen LogP contribution in [0.2, 0.25) is 0 Å². The van der Waals surface area contributed by atoms with E-state index in [1.807, 2.05) is 6.92 Å². The molecule has 0 amide bonds. The second-order valence-electron chi connectivity index (χ2n) is 4.67. The smallest absolute Gasteiger partial charge is 0.339 e. The third kappa shape index (κ3) is 2.96. The van der Waals surface area contributed by atoms with Gasteiger partial charge in [-0.2, -0.15) is 0 Å². The SMILES string of the molecule is CCCc1c(C(=O)OC)cn(S(=O)(=O)c2ccccc2)c1Br. The van der Waals surface area contributed by atoms with Crippen LogP contribution in [-0.2, 0) is 21.2 Å². The van der Waals surface area contributed by atoms with Gasteiger partial charge >= 0.3 is 5.97 Å². The molecule has 0 saturated heterocycles. The zero-order valence-electron chi connectivity index (χ0n) is 12.2. The average Bonchev–Trinajstić information content (AvgIpc) is 2.86. The van der Waals surface area contributed by atoms with Crippen molar-refractivity contribution in [2.24, 2.45) is 0 Å². The van der Waals surface area contributed by atoms with Gasteiger partial charge in [-0.1, -0.05) is 31.5 Å². The van der Waals surface area contributed by atoms with Gasteiger partial charge in [0.15, 0.2) is 0 Å². The molecule has 0 aliphatic rings. The van der Waals surface area contributed by atoms with Gasteiger partial charge in [0.2, 0.25) is 0 Å². The lowest BCUT2D eigenvalue weighted by Gasteiger charge is -2.07. The van der Waals surface area contributed by atoms with Crippen LogP contribution < -0.4 is 0 Å². The summed E-state index contributed by atoms with van der Waals surface area (Å²) in [7, 11) is -2.50. The number of aromatic nitrogens is 1. The Kier molecular flexibility index (Phi) is 5.08. The number of carbonyl (C=O) groups excluding carboxylic acids is 1. The topological polar surface area (TPSA) is 65.4 Å². The molecular formula is C15H16BrNO4S. The van der Waals surface area contributed by atoms with E-state index >= 15 is 0 Å². The Bertz CT molecular complexity index is 781. The van der Waals surface area contributed by atoms with Gasteiger partial charge in [0, 0.05) is 11.8 Å². The second-order valence-corrected chi connectivity index (χ2v) is 7.23. The number of hydrogen-bond acceptors (Lipinski definition) is 4. The first-order valence-electron chi connectivity index (χ1n) is 6.72. The molecule has 0 aliphatic heterocycles. The Balaban J connectivity index is 2.64. The van der Waals surface area contributed by atoms with E-state index in [9.17, 15) is 13.2 Å². The van der Waals surface area contributed by atoms with E-state index < -0.39 is 16.0 Å². The molecule has 0 spiro atoms. The normalized spacial score (nSPS) is 11.4. The van der Waals surface area contributed by atoms with Gasteiger partial charge in [-0.25, -0.2) is 17.2 Å². The van der Waals surface area contributed by atoms with Crippen molar-refractivity contribution < 1.29 is 17.9 Å². The maximum atomic E-state index is 12.7. The van der Waals surface area contributed by atoms with Gasteiger partial charge < -0.3 is 4.74 Å². The summed E-state index contributed by atoms with van der Waals surface area (Å²) < 4.78 is 31.6. The van der Waals surface area contributed by atoms with E-state index in [4.69, 9.17) is 4.74 Å². The molecule has 1 heterocycles. The van der Waals surface area contributed by atoms with Crippen LogP contribution in [0.4, 0.5) is 0 Å². The molecule has 0 atom stereocenters. The Morgan fingerprint density at radius 2 is 1.91 bits per heavy atom. The first-order valence-corrected chi connectivity index (χ1v) is 8.95. The standard InChI is InChI=1S/C15H16BrNO4S/c1-3-7-12-13(15(18)21-2)10-17(14(12)16)22(19,20)11-8-5-4-6-9-11/h4-6,8-10H,3,7H2,1-2H3. The third-order valence-corrected chi connectivity index (χ3v) is 5.99. The zero-order chi connectivity index (χ0) is 16.3. The van der Waals surface area contributed by atoms with Gasteiger partial charge in [0.05, 0.1) is 17.6 Å². The first kappa shape index (κ1) is 16.8. The highest BCUT2D eigenvalue weighted by Gasteiger charge is 2.26. The number of hydrogen-bond donors (Lipinski definition) is 0. The summed E-state index contributed by atoms with van der Waals surface area (Å²) in [5.74, 6) is -0.550. The van der Waals surface area contributed by atoms with Crippen LogP contribution in [0.5, 0.6) is 0 Å². The molecule has 2 rings (SSSR count). The van der Waals surface area contributed by atoms with E-state index in [1.165, 1.54) is 25.4 Å². The molecule has 118 valence electrons. The lowest BCUT2D eigenvalue weighted by molar-refractivity contribution is 0.0599. The summed E-state index contributed by atoms with van der Waals surface area (Å²) >= 11 is 3.31. The molecule has 1 aromatic heterocycles. The Morgan fingerprint density at radius 1 is 1.27 bits per heavy atom. The van der Waals surface area contributed by atoms with Crippen molar-refractivity contribution in [3.63, 3.8) is 0 Å². The maximum absolute atomic E-state index is 12.7. The minimum absolute atomic E-state index is 0.158. The van der Waals surface area contributed by atoms with Gasteiger partial charge in [0.25, 0.3) is 10.0 Å². The fourth-order valence-corrected chi connectivity index (χ4v) is 4.53. The van der Waals surface area contributed by atoms with E-state index in [0.29, 0.717) is 16.6 Å². The zero-order valence-corrected chi connectivity index (χ0v) is 14.6. The third-order valence-electron chi connectivity index (χ3n) is 3.22. The lowest BCUT2D eigenvalue weighted by Crippen LogP contribution is -2.12. The molecule has 0 fully saturated rings. The monoisotopic (exact) mass is 385 g/mol. The van der Waals surface area contributed by atoms with E-state index in [1.54, 1.807) is 18.2 Å². The van der Waals surface area contributed by atoms with Crippen LogP contribution in [0.1, 0.15) is 29.3 Å². The summed E-state index contributed by atoms with van der Waals surface area (Å²) in [5.41, 5.74) is 0.893. The number of nitrogens with zero attached hydrogens (tertiary/aromatic N) is 1. The largest absolute Gasteiger partial charge is 0.465 e. The molecule has 7 heteroatoms. The number of ether oxygens (including phenoxy) is 1.